The summed E-state index contributed by atoms with van der Waals surface area (Å²) in [6, 6.07) is 5.73. The summed E-state index contributed by atoms with van der Waals surface area (Å²) >= 11 is 5.82. The van der Waals surface area contributed by atoms with Crippen LogP contribution in [0.3, 0.4) is 0 Å². The van der Waals surface area contributed by atoms with E-state index in [-0.39, 0.29) is 12.3 Å². The topological polar surface area (TPSA) is 93.4 Å². The van der Waals surface area contributed by atoms with Gasteiger partial charge in [0, 0.05) is 25.3 Å². The number of ether oxygens (including phenoxy) is 1. The molecule has 0 aromatic heterocycles. The van der Waals surface area contributed by atoms with E-state index in [0.29, 0.717) is 18.2 Å². The van der Waals surface area contributed by atoms with Gasteiger partial charge in [-0.05, 0) is 24.1 Å². The number of primary amides is 1. The lowest BCUT2D eigenvalue weighted by molar-refractivity contribution is -0.121. The predicted molar refractivity (Wildman–Crippen MR) is 81.0 cm³/mol. The van der Waals surface area contributed by atoms with E-state index in [4.69, 9.17) is 22.1 Å². The van der Waals surface area contributed by atoms with Crippen molar-refractivity contribution >= 4 is 23.5 Å². The fraction of sp³-hybridized carbons (Fsp3) is 0.429. The largest absolute Gasteiger partial charge is 0.385 e. The first-order valence-electron chi connectivity index (χ1n) is 6.60. The van der Waals surface area contributed by atoms with Crippen molar-refractivity contribution in [2.45, 2.75) is 18.9 Å². The Hall–Kier alpha value is -1.79. The van der Waals surface area contributed by atoms with E-state index in [1.54, 1.807) is 31.4 Å². The highest BCUT2D eigenvalue weighted by Crippen LogP contribution is 2.19. The molecule has 0 spiro atoms. The second-order valence-corrected chi connectivity index (χ2v) is 4.95. The second kappa shape index (κ2) is 9.20. The Labute approximate surface area is 129 Å². The fourth-order valence-electron chi connectivity index (χ4n) is 1.82. The molecule has 21 heavy (non-hydrogen) atoms. The lowest BCUT2D eigenvalue weighted by Gasteiger charge is -2.18. The second-order valence-electron chi connectivity index (χ2n) is 4.51. The average molecular weight is 314 g/mol. The van der Waals surface area contributed by atoms with Crippen LogP contribution in [0.15, 0.2) is 24.3 Å². The number of methoxy groups -OCH3 is 1. The molecule has 1 rings (SSSR count). The Bertz CT molecular complexity index is 465. The molecule has 6 nitrogen and oxygen atoms in total. The molecule has 0 radical (unpaired) electrons. The molecule has 0 bridgehead atoms. The highest BCUT2D eigenvalue weighted by atomic mass is 35.5. The highest BCUT2D eigenvalue weighted by molar-refractivity contribution is 6.30. The molecule has 1 aromatic carbocycles. The summed E-state index contributed by atoms with van der Waals surface area (Å²) in [6.07, 6.45) is 0.842. The normalized spacial score (nSPS) is 11.7. The fourth-order valence-corrected chi connectivity index (χ4v) is 1.95. The Kier molecular flexibility index (Phi) is 7.56. The smallest absolute Gasteiger partial charge is 0.312 e. The van der Waals surface area contributed by atoms with Crippen LogP contribution in [0.5, 0.6) is 0 Å². The van der Waals surface area contributed by atoms with Crippen LogP contribution in [-0.2, 0) is 9.53 Å². The molecule has 4 N–H and O–H groups in total. The zero-order valence-corrected chi connectivity index (χ0v) is 12.7. The lowest BCUT2D eigenvalue weighted by atomic mass is 10.0. The van der Waals surface area contributed by atoms with Gasteiger partial charge in [0.25, 0.3) is 0 Å². The molecule has 1 unspecified atom stereocenters. The van der Waals surface area contributed by atoms with Crippen molar-refractivity contribution in [1.29, 1.82) is 0 Å². The molecule has 0 aliphatic rings. The first kappa shape index (κ1) is 17.3. The number of urea groups is 1. The molecule has 0 saturated heterocycles. The summed E-state index contributed by atoms with van der Waals surface area (Å²) in [7, 11) is 1.61. The molecule has 1 aromatic rings. The number of carbonyl (C=O) groups excluding carboxylic acids is 2. The Morgan fingerprint density at radius 2 is 2.00 bits per heavy atom. The summed E-state index contributed by atoms with van der Waals surface area (Å²) in [6.45, 7) is 1.11. The molecule has 0 heterocycles. The maximum atomic E-state index is 11.9. The zero-order chi connectivity index (χ0) is 15.7. The summed E-state index contributed by atoms with van der Waals surface area (Å²) in [5.74, 6) is -0.167. The van der Waals surface area contributed by atoms with Crippen molar-refractivity contribution < 1.29 is 14.3 Å². The summed E-state index contributed by atoms with van der Waals surface area (Å²) in [4.78, 5) is 22.9. The Balaban J connectivity index is 2.59. The molecule has 7 heteroatoms. The minimum atomic E-state index is -0.679. The van der Waals surface area contributed by atoms with E-state index in [1.807, 2.05) is 0 Å². The van der Waals surface area contributed by atoms with Gasteiger partial charge >= 0.3 is 6.03 Å². The third kappa shape index (κ3) is 6.97. The number of amides is 3. The maximum Gasteiger partial charge on any atom is 0.312 e. The number of halogens is 1. The van der Waals surface area contributed by atoms with Gasteiger partial charge in [-0.3, -0.25) is 4.79 Å². The van der Waals surface area contributed by atoms with Gasteiger partial charge in [0.1, 0.15) is 0 Å². The van der Waals surface area contributed by atoms with Crippen molar-refractivity contribution in [3.05, 3.63) is 34.9 Å². The van der Waals surface area contributed by atoms with Crippen LogP contribution in [-0.4, -0.2) is 32.2 Å². The minimum absolute atomic E-state index is 0.109. The molecule has 0 saturated carbocycles. The molecule has 3 amide bonds. The lowest BCUT2D eigenvalue weighted by Crippen LogP contribution is -2.37. The van der Waals surface area contributed by atoms with Crippen LogP contribution in [0.2, 0.25) is 5.02 Å². The van der Waals surface area contributed by atoms with Crippen LogP contribution < -0.4 is 16.4 Å². The zero-order valence-electron chi connectivity index (χ0n) is 11.9. The first-order valence-corrected chi connectivity index (χ1v) is 6.97. The molecule has 116 valence electrons. The summed E-state index contributed by atoms with van der Waals surface area (Å²) < 4.78 is 4.90. The van der Waals surface area contributed by atoms with E-state index in [1.165, 1.54) is 0 Å². The summed E-state index contributed by atoms with van der Waals surface area (Å²) in [5.41, 5.74) is 5.92. The van der Waals surface area contributed by atoms with Gasteiger partial charge in [-0.25, -0.2) is 4.79 Å². The van der Waals surface area contributed by atoms with E-state index in [9.17, 15) is 9.59 Å². The van der Waals surface area contributed by atoms with Crippen molar-refractivity contribution in [3.8, 4) is 0 Å². The first-order chi connectivity index (χ1) is 10.0. The van der Waals surface area contributed by atoms with Gasteiger partial charge in [-0.15, -0.1) is 0 Å². The van der Waals surface area contributed by atoms with E-state index >= 15 is 0 Å². The minimum Gasteiger partial charge on any atom is -0.385 e. The van der Waals surface area contributed by atoms with Crippen molar-refractivity contribution in [2.75, 3.05) is 20.3 Å². The number of hydrogen-bond acceptors (Lipinski definition) is 3. The number of nitrogens with two attached hydrogens (primary N) is 1. The number of benzene rings is 1. The van der Waals surface area contributed by atoms with Crippen LogP contribution in [0.25, 0.3) is 0 Å². The standard InChI is InChI=1S/C14H20ClN3O3/c1-21-8-2-7-17-13(19)9-12(18-14(16)20)10-3-5-11(15)6-4-10/h3-6,12H,2,7-9H2,1H3,(H,17,19)(H3,16,18,20). The predicted octanol–water partition coefficient (Wildman–Crippen LogP) is 1.59. The van der Waals surface area contributed by atoms with E-state index in [0.717, 1.165) is 12.0 Å². The SMILES string of the molecule is COCCCNC(=O)CC(NC(N)=O)c1ccc(Cl)cc1. The third-order valence-corrected chi connectivity index (χ3v) is 3.08. The Morgan fingerprint density at radius 3 is 2.57 bits per heavy atom. The van der Waals surface area contributed by atoms with E-state index in [2.05, 4.69) is 10.6 Å². The van der Waals surface area contributed by atoms with Gasteiger partial charge in [-0.1, -0.05) is 23.7 Å². The van der Waals surface area contributed by atoms with Crippen LogP contribution in [0.1, 0.15) is 24.4 Å². The quantitative estimate of drug-likeness (QED) is 0.636. The monoisotopic (exact) mass is 313 g/mol. The number of hydrogen-bond donors (Lipinski definition) is 3. The van der Waals surface area contributed by atoms with Gasteiger partial charge in [0.15, 0.2) is 0 Å². The van der Waals surface area contributed by atoms with Crippen molar-refractivity contribution in [1.82, 2.24) is 10.6 Å². The number of rotatable bonds is 8. The molecular weight excluding hydrogens is 294 g/mol. The van der Waals surface area contributed by atoms with Crippen molar-refractivity contribution in [2.24, 2.45) is 5.73 Å². The average Bonchev–Trinajstić information content (AvgIpc) is 2.43. The van der Waals surface area contributed by atoms with E-state index < -0.39 is 12.1 Å². The molecule has 1 atom stereocenters. The van der Waals surface area contributed by atoms with Gasteiger partial charge in [-0.2, -0.15) is 0 Å². The van der Waals surface area contributed by atoms with Crippen LogP contribution in [0.4, 0.5) is 4.79 Å². The maximum absolute atomic E-state index is 11.9. The van der Waals surface area contributed by atoms with Gasteiger partial charge < -0.3 is 21.1 Å². The summed E-state index contributed by atoms with van der Waals surface area (Å²) in [5, 5.41) is 5.91. The number of nitrogens with one attached hydrogen (secondary N) is 2. The Morgan fingerprint density at radius 1 is 1.33 bits per heavy atom. The number of carbonyl (C=O) groups is 2. The molecular formula is C14H20ClN3O3. The highest BCUT2D eigenvalue weighted by Gasteiger charge is 2.17. The molecule has 0 fully saturated rings. The van der Waals surface area contributed by atoms with Crippen molar-refractivity contribution in [3.63, 3.8) is 0 Å². The molecule has 0 aliphatic heterocycles. The molecule has 0 aliphatic carbocycles. The van der Waals surface area contributed by atoms with Crippen LogP contribution in [0, 0.1) is 0 Å². The van der Waals surface area contributed by atoms with Gasteiger partial charge in [0.2, 0.25) is 5.91 Å². The van der Waals surface area contributed by atoms with Gasteiger partial charge in [0.05, 0.1) is 12.5 Å². The van der Waals surface area contributed by atoms with Crippen LogP contribution >= 0.6 is 11.6 Å². The third-order valence-electron chi connectivity index (χ3n) is 2.83.